The molecule has 1 aromatic heterocycles. The van der Waals surface area contributed by atoms with E-state index in [0.29, 0.717) is 6.04 Å². The fourth-order valence-corrected chi connectivity index (χ4v) is 4.75. The zero-order valence-electron chi connectivity index (χ0n) is 19.0. The maximum atomic E-state index is 4.68. The molecule has 4 heteroatoms. The molecule has 0 fully saturated rings. The van der Waals surface area contributed by atoms with E-state index in [4.69, 9.17) is 0 Å². The highest BCUT2D eigenvalue weighted by Crippen LogP contribution is 2.37. The number of hydrogen-bond acceptors (Lipinski definition) is 3. The first-order chi connectivity index (χ1) is 16.2. The van der Waals surface area contributed by atoms with Gasteiger partial charge in [0.25, 0.3) is 0 Å². The molecule has 2 atom stereocenters. The highest BCUT2D eigenvalue weighted by atomic mass is 15.4. The molecule has 2 heterocycles. The number of aromatic nitrogens is 2. The third kappa shape index (κ3) is 4.42. The molecule has 4 nitrogen and oxygen atoms in total. The Bertz CT molecular complexity index is 1160. The minimum Gasteiger partial charge on any atom is -0.384 e. The van der Waals surface area contributed by atoms with Gasteiger partial charge < -0.3 is 10.6 Å². The van der Waals surface area contributed by atoms with E-state index in [0.717, 1.165) is 30.0 Å². The summed E-state index contributed by atoms with van der Waals surface area (Å²) in [6.45, 7) is 7.37. The van der Waals surface area contributed by atoms with Crippen LogP contribution in [0.25, 0.3) is 5.70 Å². The van der Waals surface area contributed by atoms with Crippen LogP contribution in [0.2, 0.25) is 0 Å². The molecule has 0 amide bonds. The highest BCUT2D eigenvalue weighted by molar-refractivity contribution is 5.72. The van der Waals surface area contributed by atoms with Crippen molar-refractivity contribution in [1.82, 2.24) is 15.1 Å². The molecule has 2 N–H and O–H groups in total. The van der Waals surface area contributed by atoms with Crippen LogP contribution >= 0.6 is 0 Å². The number of hydrogen-bond donors (Lipinski definition) is 2. The van der Waals surface area contributed by atoms with E-state index >= 15 is 0 Å². The van der Waals surface area contributed by atoms with Crippen LogP contribution in [-0.2, 0) is 0 Å². The van der Waals surface area contributed by atoms with Crippen molar-refractivity contribution in [2.75, 3.05) is 11.9 Å². The predicted octanol–water partition coefficient (Wildman–Crippen LogP) is 6.39. The Morgan fingerprint density at radius 3 is 2.15 bits per heavy atom. The Kier molecular flexibility index (Phi) is 5.99. The lowest BCUT2D eigenvalue weighted by molar-refractivity contribution is 0.407. The molecule has 1 aliphatic heterocycles. The van der Waals surface area contributed by atoms with E-state index in [1.54, 1.807) is 0 Å². The Morgan fingerprint density at radius 1 is 0.970 bits per heavy atom. The highest BCUT2D eigenvalue weighted by Gasteiger charge is 2.28. The van der Waals surface area contributed by atoms with E-state index in [9.17, 15) is 0 Å². The van der Waals surface area contributed by atoms with Crippen molar-refractivity contribution in [1.29, 1.82) is 0 Å². The summed E-state index contributed by atoms with van der Waals surface area (Å²) in [5.74, 6) is 1.27. The summed E-state index contributed by atoms with van der Waals surface area (Å²) in [4.78, 5) is 0. The molecule has 33 heavy (non-hydrogen) atoms. The number of anilines is 1. The Balaban J connectivity index is 1.37. The number of rotatable bonds is 7. The third-order valence-electron chi connectivity index (χ3n) is 6.55. The maximum absolute atomic E-state index is 4.68. The van der Waals surface area contributed by atoms with Crippen molar-refractivity contribution < 1.29 is 0 Å². The maximum Gasteiger partial charge on any atom is 0.134 e. The fraction of sp³-hybridized carbons (Fsp3) is 0.207. The lowest BCUT2D eigenvalue weighted by atomic mass is 9.91. The smallest absolute Gasteiger partial charge is 0.134 e. The van der Waals surface area contributed by atoms with Crippen LogP contribution in [0, 0.1) is 0 Å². The molecule has 0 radical (unpaired) electrons. The summed E-state index contributed by atoms with van der Waals surface area (Å²) >= 11 is 0. The van der Waals surface area contributed by atoms with Crippen LogP contribution in [0.1, 0.15) is 53.6 Å². The summed E-state index contributed by atoms with van der Waals surface area (Å²) in [5, 5.41) is 12.0. The SMILES string of the molecule is C=C(NCC(c1ccccc1)c1ccccc1)c1cnn2c1NC(c1ccccc1)CC2C. The van der Waals surface area contributed by atoms with Gasteiger partial charge in [-0.15, -0.1) is 0 Å². The van der Waals surface area contributed by atoms with Gasteiger partial charge in [0.15, 0.2) is 0 Å². The number of nitrogens with one attached hydrogen (secondary N) is 2. The number of nitrogens with zero attached hydrogens (tertiary/aromatic N) is 2. The zero-order chi connectivity index (χ0) is 22.6. The molecule has 5 rings (SSSR count). The van der Waals surface area contributed by atoms with Crippen LogP contribution in [0.15, 0.2) is 104 Å². The van der Waals surface area contributed by atoms with Gasteiger partial charge in [0.1, 0.15) is 5.82 Å². The van der Waals surface area contributed by atoms with E-state index in [2.05, 4.69) is 125 Å². The van der Waals surface area contributed by atoms with Gasteiger partial charge in [0.2, 0.25) is 0 Å². The van der Waals surface area contributed by atoms with Crippen molar-refractivity contribution in [2.24, 2.45) is 0 Å². The molecule has 0 saturated carbocycles. The van der Waals surface area contributed by atoms with E-state index in [-0.39, 0.29) is 12.0 Å². The molecule has 0 aliphatic carbocycles. The lowest BCUT2D eigenvalue weighted by Gasteiger charge is -2.31. The Hall–Kier alpha value is -3.79. The van der Waals surface area contributed by atoms with Crippen molar-refractivity contribution in [2.45, 2.75) is 31.3 Å². The summed E-state index contributed by atoms with van der Waals surface area (Å²) in [5.41, 5.74) is 5.80. The largest absolute Gasteiger partial charge is 0.384 e. The van der Waals surface area contributed by atoms with Crippen molar-refractivity contribution in [3.8, 4) is 0 Å². The molecule has 166 valence electrons. The molecular weight excluding hydrogens is 404 g/mol. The topological polar surface area (TPSA) is 41.9 Å². The second-order valence-electron chi connectivity index (χ2n) is 8.78. The lowest BCUT2D eigenvalue weighted by Crippen LogP contribution is -2.27. The molecule has 2 unspecified atom stereocenters. The molecule has 0 bridgehead atoms. The van der Waals surface area contributed by atoms with E-state index in [1.807, 2.05) is 6.20 Å². The van der Waals surface area contributed by atoms with Crippen molar-refractivity contribution in [3.05, 3.63) is 126 Å². The first kappa shape index (κ1) is 21.1. The van der Waals surface area contributed by atoms with Crippen LogP contribution in [-0.4, -0.2) is 16.3 Å². The van der Waals surface area contributed by atoms with Crippen molar-refractivity contribution in [3.63, 3.8) is 0 Å². The fourth-order valence-electron chi connectivity index (χ4n) is 4.75. The van der Waals surface area contributed by atoms with Gasteiger partial charge in [-0.3, -0.25) is 0 Å². The predicted molar refractivity (Wildman–Crippen MR) is 136 cm³/mol. The second-order valence-corrected chi connectivity index (χ2v) is 8.78. The van der Waals surface area contributed by atoms with Gasteiger partial charge >= 0.3 is 0 Å². The standard InChI is InChI=1S/C29H30N4/c1-21-18-28(25-16-10-5-11-17-25)32-29-26(20-31-33(21)29)22(2)30-19-27(23-12-6-3-7-13-23)24-14-8-4-9-15-24/h3-17,20-21,27-28,30,32H,2,18-19H2,1H3. The van der Waals surface area contributed by atoms with E-state index in [1.165, 1.54) is 16.7 Å². The zero-order valence-corrected chi connectivity index (χ0v) is 19.0. The average Bonchev–Trinajstić information content (AvgIpc) is 3.31. The number of fused-ring (bicyclic) bond motifs is 1. The van der Waals surface area contributed by atoms with Gasteiger partial charge in [0, 0.05) is 18.2 Å². The third-order valence-corrected chi connectivity index (χ3v) is 6.55. The molecule has 0 spiro atoms. The van der Waals surface area contributed by atoms with Crippen LogP contribution < -0.4 is 10.6 Å². The summed E-state index contributed by atoms with van der Waals surface area (Å²) in [7, 11) is 0. The molecule has 0 saturated heterocycles. The monoisotopic (exact) mass is 434 g/mol. The Labute approximate surface area is 196 Å². The van der Waals surface area contributed by atoms with Crippen LogP contribution in [0.5, 0.6) is 0 Å². The van der Waals surface area contributed by atoms with E-state index < -0.39 is 0 Å². The minimum absolute atomic E-state index is 0.236. The van der Waals surface area contributed by atoms with Gasteiger partial charge in [0.05, 0.1) is 23.8 Å². The van der Waals surface area contributed by atoms with Crippen LogP contribution in [0.3, 0.4) is 0 Å². The minimum atomic E-state index is 0.236. The van der Waals surface area contributed by atoms with Gasteiger partial charge in [-0.05, 0) is 30.0 Å². The first-order valence-electron chi connectivity index (χ1n) is 11.6. The summed E-state index contributed by atoms with van der Waals surface area (Å²) < 4.78 is 2.09. The molecule has 1 aliphatic rings. The average molecular weight is 435 g/mol. The van der Waals surface area contributed by atoms with Crippen molar-refractivity contribution >= 4 is 11.5 Å². The van der Waals surface area contributed by atoms with Gasteiger partial charge in [-0.2, -0.15) is 5.10 Å². The molecule has 4 aromatic rings. The quantitative estimate of drug-likeness (QED) is 0.354. The van der Waals surface area contributed by atoms with Crippen LogP contribution in [0.4, 0.5) is 5.82 Å². The Morgan fingerprint density at radius 2 is 1.55 bits per heavy atom. The summed E-state index contributed by atoms with van der Waals surface area (Å²) in [6, 6.07) is 32.5. The molecule has 3 aromatic carbocycles. The van der Waals surface area contributed by atoms with Gasteiger partial charge in [-0.25, -0.2) is 4.68 Å². The molecular formula is C29H30N4. The second kappa shape index (κ2) is 9.37. The summed E-state index contributed by atoms with van der Waals surface area (Å²) in [6.07, 6.45) is 2.93. The van der Waals surface area contributed by atoms with Gasteiger partial charge in [-0.1, -0.05) is 97.6 Å². The number of benzene rings is 3. The normalized spacial score (nSPS) is 17.3. The first-order valence-corrected chi connectivity index (χ1v) is 11.6.